The van der Waals surface area contributed by atoms with E-state index in [0.717, 1.165) is 24.1 Å². The van der Waals surface area contributed by atoms with Crippen molar-refractivity contribution >= 4 is 17.7 Å². The van der Waals surface area contributed by atoms with Gasteiger partial charge in [0.25, 0.3) is 5.69 Å². The topological polar surface area (TPSA) is 98.5 Å². The second-order valence-electron chi connectivity index (χ2n) is 6.74. The number of hydrogen-bond donors (Lipinski definition) is 0. The maximum Gasteiger partial charge on any atom is 0.269 e. The molecule has 0 radical (unpaired) electrons. The van der Waals surface area contributed by atoms with Crippen LogP contribution in [0.25, 0.3) is 6.08 Å². The van der Waals surface area contributed by atoms with E-state index < -0.39 is 4.92 Å². The lowest BCUT2D eigenvalue weighted by atomic mass is 10.1. The highest BCUT2D eigenvalue weighted by atomic mass is 16.6. The van der Waals surface area contributed by atoms with Crippen LogP contribution in [0.3, 0.4) is 0 Å². The average molecular weight is 382 g/mol. The number of amides is 1. The molecule has 2 aromatic rings. The minimum absolute atomic E-state index is 0.0229. The van der Waals surface area contributed by atoms with Crippen molar-refractivity contribution in [2.24, 2.45) is 0 Å². The SMILES string of the molecule is Cc1cc(OC2CCCN(C(=O)/C=C/c3ccc([N+](=O)[O-])cc3)C2)nc(C)n1. The van der Waals surface area contributed by atoms with Gasteiger partial charge < -0.3 is 9.64 Å². The van der Waals surface area contributed by atoms with Crippen molar-refractivity contribution in [2.45, 2.75) is 32.8 Å². The molecule has 0 bridgehead atoms. The summed E-state index contributed by atoms with van der Waals surface area (Å²) in [5.74, 6) is 1.08. The van der Waals surface area contributed by atoms with E-state index in [1.807, 2.05) is 13.8 Å². The van der Waals surface area contributed by atoms with Crippen molar-refractivity contribution in [1.29, 1.82) is 0 Å². The van der Waals surface area contributed by atoms with Crippen LogP contribution in [0.1, 0.15) is 29.9 Å². The molecule has 1 unspecified atom stereocenters. The highest BCUT2D eigenvalue weighted by Gasteiger charge is 2.24. The van der Waals surface area contributed by atoms with Gasteiger partial charge in [0.1, 0.15) is 11.9 Å². The van der Waals surface area contributed by atoms with Crippen LogP contribution in [0.15, 0.2) is 36.4 Å². The Morgan fingerprint density at radius 2 is 2.04 bits per heavy atom. The van der Waals surface area contributed by atoms with Gasteiger partial charge in [-0.2, -0.15) is 4.98 Å². The Morgan fingerprint density at radius 3 is 2.71 bits per heavy atom. The largest absolute Gasteiger partial charge is 0.472 e. The van der Waals surface area contributed by atoms with Gasteiger partial charge in [-0.25, -0.2) is 4.98 Å². The highest BCUT2D eigenvalue weighted by Crippen LogP contribution is 2.18. The van der Waals surface area contributed by atoms with Gasteiger partial charge in [-0.05, 0) is 50.5 Å². The van der Waals surface area contributed by atoms with E-state index in [1.165, 1.54) is 18.2 Å². The summed E-state index contributed by atoms with van der Waals surface area (Å²) in [5, 5.41) is 10.7. The lowest BCUT2D eigenvalue weighted by Crippen LogP contribution is -2.43. The maximum absolute atomic E-state index is 12.5. The molecule has 0 saturated carbocycles. The van der Waals surface area contributed by atoms with Crippen LogP contribution >= 0.6 is 0 Å². The number of rotatable bonds is 5. The minimum Gasteiger partial charge on any atom is -0.472 e. The number of carbonyl (C=O) groups is 1. The predicted octanol–water partition coefficient (Wildman–Crippen LogP) is 3.08. The van der Waals surface area contributed by atoms with Gasteiger partial charge in [-0.3, -0.25) is 14.9 Å². The van der Waals surface area contributed by atoms with Crippen LogP contribution < -0.4 is 4.74 Å². The first-order valence-corrected chi connectivity index (χ1v) is 9.11. The molecule has 1 aromatic carbocycles. The van der Waals surface area contributed by atoms with Crippen molar-refractivity contribution in [1.82, 2.24) is 14.9 Å². The number of ether oxygens (including phenoxy) is 1. The second-order valence-corrected chi connectivity index (χ2v) is 6.74. The van der Waals surface area contributed by atoms with E-state index in [1.54, 1.807) is 29.2 Å². The molecule has 1 aromatic heterocycles. The number of carbonyl (C=O) groups excluding carboxylic acids is 1. The number of aromatic nitrogens is 2. The summed E-state index contributed by atoms with van der Waals surface area (Å²) >= 11 is 0. The fourth-order valence-electron chi connectivity index (χ4n) is 3.13. The first-order chi connectivity index (χ1) is 13.4. The zero-order chi connectivity index (χ0) is 20.1. The lowest BCUT2D eigenvalue weighted by Gasteiger charge is -2.32. The number of likely N-dealkylation sites (tertiary alicyclic amines) is 1. The predicted molar refractivity (Wildman–Crippen MR) is 104 cm³/mol. The highest BCUT2D eigenvalue weighted by molar-refractivity contribution is 5.91. The molecule has 1 aliphatic heterocycles. The Labute approximate surface area is 163 Å². The molecule has 3 rings (SSSR count). The molecule has 146 valence electrons. The normalized spacial score (nSPS) is 16.9. The molecule has 0 spiro atoms. The van der Waals surface area contributed by atoms with Crippen molar-refractivity contribution < 1.29 is 14.5 Å². The smallest absolute Gasteiger partial charge is 0.269 e. The molecular weight excluding hydrogens is 360 g/mol. The molecule has 1 saturated heterocycles. The number of aryl methyl sites for hydroxylation is 2. The number of non-ortho nitro benzene ring substituents is 1. The zero-order valence-electron chi connectivity index (χ0n) is 15.9. The number of nitro groups is 1. The summed E-state index contributed by atoms with van der Waals surface area (Å²) in [4.78, 5) is 33.0. The van der Waals surface area contributed by atoms with E-state index in [-0.39, 0.29) is 17.7 Å². The van der Waals surface area contributed by atoms with Gasteiger partial charge in [-0.15, -0.1) is 0 Å². The van der Waals surface area contributed by atoms with Crippen molar-refractivity contribution in [3.8, 4) is 5.88 Å². The molecule has 2 heterocycles. The molecule has 8 heteroatoms. The molecule has 1 fully saturated rings. The molecular formula is C20H22N4O4. The van der Waals surface area contributed by atoms with Crippen LogP contribution in [0, 0.1) is 24.0 Å². The van der Waals surface area contributed by atoms with E-state index in [0.29, 0.717) is 24.8 Å². The Hall–Kier alpha value is -3.29. The van der Waals surface area contributed by atoms with Crippen LogP contribution in [0.2, 0.25) is 0 Å². The molecule has 1 atom stereocenters. The van der Waals surface area contributed by atoms with E-state index in [9.17, 15) is 14.9 Å². The summed E-state index contributed by atoms with van der Waals surface area (Å²) in [7, 11) is 0. The van der Waals surface area contributed by atoms with E-state index >= 15 is 0 Å². The van der Waals surface area contributed by atoms with Crippen LogP contribution in [0.4, 0.5) is 5.69 Å². The van der Waals surface area contributed by atoms with Gasteiger partial charge >= 0.3 is 0 Å². The Morgan fingerprint density at radius 1 is 1.29 bits per heavy atom. The lowest BCUT2D eigenvalue weighted by molar-refractivity contribution is -0.384. The number of nitrogens with zero attached hydrogens (tertiary/aromatic N) is 4. The standard InChI is InChI=1S/C20H22N4O4/c1-14-12-19(22-15(2)21-14)28-18-4-3-11-23(13-18)20(25)10-7-16-5-8-17(9-6-16)24(26)27/h5-10,12,18H,3-4,11,13H2,1-2H3/b10-7+. The second kappa shape index (κ2) is 8.60. The third-order valence-electron chi connectivity index (χ3n) is 4.44. The van der Waals surface area contributed by atoms with Crippen LogP contribution in [0.5, 0.6) is 5.88 Å². The first-order valence-electron chi connectivity index (χ1n) is 9.11. The molecule has 28 heavy (non-hydrogen) atoms. The summed E-state index contributed by atoms with van der Waals surface area (Å²) in [6.07, 6.45) is 4.75. The number of hydrogen-bond acceptors (Lipinski definition) is 6. The van der Waals surface area contributed by atoms with Gasteiger partial charge in [-0.1, -0.05) is 0 Å². The van der Waals surface area contributed by atoms with Gasteiger partial charge in [0.2, 0.25) is 11.8 Å². The summed E-state index contributed by atoms with van der Waals surface area (Å²) < 4.78 is 5.96. The molecule has 1 amide bonds. The summed E-state index contributed by atoms with van der Waals surface area (Å²) in [6, 6.07) is 7.86. The number of benzene rings is 1. The van der Waals surface area contributed by atoms with Crippen LogP contribution in [-0.2, 0) is 4.79 Å². The van der Waals surface area contributed by atoms with Gasteiger partial charge in [0, 0.05) is 36.5 Å². The average Bonchev–Trinajstić information content (AvgIpc) is 2.66. The Kier molecular flexibility index (Phi) is 5.98. The fraction of sp³-hybridized carbons (Fsp3) is 0.350. The van der Waals surface area contributed by atoms with E-state index in [4.69, 9.17) is 4.74 Å². The Bertz CT molecular complexity index is 875. The van der Waals surface area contributed by atoms with Gasteiger partial charge in [0.05, 0.1) is 11.5 Å². The third-order valence-corrected chi connectivity index (χ3v) is 4.44. The van der Waals surface area contributed by atoms with E-state index in [2.05, 4.69) is 9.97 Å². The maximum atomic E-state index is 12.5. The molecule has 0 aliphatic carbocycles. The molecule has 1 aliphatic rings. The number of nitro benzene ring substituents is 1. The molecule has 0 N–H and O–H groups in total. The zero-order valence-corrected chi connectivity index (χ0v) is 15.9. The number of piperidine rings is 1. The summed E-state index contributed by atoms with van der Waals surface area (Å²) in [5.41, 5.74) is 1.60. The van der Waals surface area contributed by atoms with Crippen molar-refractivity contribution in [3.05, 3.63) is 63.6 Å². The Balaban J connectivity index is 1.59. The molecule has 8 nitrogen and oxygen atoms in total. The van der Waals surface area contributed by atoms with Crippen molar-refractivity contribution in [2.75, 3.05) is 13.1 Å². The van der Waals surface area contributed by atoms with Crippen LogP contribution in [-0.4, -0.2) is 44.9 Å². The first kappa shape index (κ1) is 19.5. The monoisotopic (exact) mass is 382 g/mol. The third kappa shape index (κ3) is 5.12. The van der Waals surface area contributed by atoms with Gasteiger partial charge in [0.15, 0.2) is 0 Å². The fourth-order valence-corrected chi connectivity index (χ4v) is 3.13. The quantitative estimate of drug-likeness (QED) is 0.448. The summed E-state index contributed by atoms with van der Waals surface area (Å²) in [6.45, 7) is 4.87. The van der Waals surface area contributed by atoms with Crippen molar-refractivity contribution in [3.63, 3.8) is 0 Å². The minimum atomic E-state index is -0.451.